The van der Waals surface area contributed by atoms with Crippen molar-refractivity contribution in [3.63, 3.8) is 0 Å². The first-order valence-corrected chi connectivity index (χ1v) is 7.67. The summed E-state index contributed by atoms with van der Waals surface area (Å²) in [6.45, 7) is 9.21. The van der Waals surface area contributed by atoms with E-state index in [4.69, 9.17) is 4.74 Å². The standard InChI is InChI=1S/C15H30N2O/c1-4-6-14-11-16-15(2,13-7-8-13)12-17(14)9-5-10-18-3/h13-14,16H,4-12H2,1-3H3. The smallest absolute Gasteiger partial charge is 0.0474 e. The molecular formula is C15H30N2O. The van der Waals surface area contributed by atoms with E-state index in [0.717, 1.165) is 25.0 Å². The predicted molar refractivity (Wildman–Crippen MR) is 75.9 cm³/mol. The van der Waals surface area contributed by atoms with E-state index in [-0.39, 0.29) is 0 Å². The Morgan fingerprint density at radius 1 is 1.39 bits per heavy atom. The number of rotatable bonds is 7. The van der Waals surface area contributed by atoms with Gasteiger partial charge in [-0.15, -0.1) is 0 Å². The van der Waals surface area contributed by atoms with Crippen LogP contribution in [0.1, 0.15) is 46.0 Å². The van der Waals surface area contributed by atoms with E-state index in [9.17, 15) is 0 Å². The van der Waals surface area contributed by atoms with Crippen molar-refractivity contribution in [3.8, 4) is 0 Å². The Kier molecular flexibility index (Phi) is 5.05. The molecule has 3 heteroatoms. The van der Waals surface area contributed by atoms with Crippen molar-refractivity contribution in [2.45, 2.75) is 57.5 Å². The largest absolute Gasteiger partial charge is 0.385 e. The van der Waals surface area contributed by atoms with Crippen molar-refractivity contribution in [1.82, 2.24) is 10.2 Å². The number of nitrogens with zero attached hydrogens (tertiary/aromatic N) is 1. The molecule has 3 nitrogen and oxygen atoms in total. The topological polar surface area (TPSA) is 24.5 Å². The SMILES string of the molecule is CCCC1CNC(C)(C2CC2)CN1CCCOC. The Bertz CT molecular complexity index is 255. The minimum atomic E-state index is 0.372. The summed E-state index contributed by atoms with van der Waals surface area (Å²) in [5.74, 6) is 0.921. The van der Waals surface area contributed by atoms with Gasteiger partial charge < -0.3 is 10.1 Å². The molecule has 18 heavy (non-hydrogen) atoms. The Morgan fingerprint density at radius 3 is 2.78 bits per heavy atom. The molecule has 2 atom stereocenters. The zero-order valence-corrected chi connectivity index (χ0v) is 12.4. The summed E-state index contributed by atoms with van der Waals surface area (Å²) in [5.41, 5.74) is 0.372. The summed E-state index contributed by atoms with van der Waals surface area (Å²) in [6.07, 6.45) is 6.62. The van der Waals surface area contributed by atoms with Crippen molar-refractivity contribution in [2.24, 2.45) is 5.92 Å². The normalized spacial score (nSPS) is 33.8. The Morgan fingerprint density at radius 2 is 2.17 bits per heavy atom. The van der Waals surface area contributed by atoms with E-state index in [1.54, 1.807) is 7.11 Å². The molecule has 0 radical (unpaired) electrons. The van der Waals surface area contributed by atoms with Crippen LogP contribution in [0.25, 0.3) is 0 Å². The quantitative estimate of drug-likeness (QED) is 0.705. The van der Waals surface area contributed by atoms with Crippen molar-refractivity contribution < 1.29 is 4.74 Å². The maximum absolute atomic E-state index is 5.20. The van der Waals surface area contributed by atoms with Crippen LogP contribution in [0.4, 0.5) is 0 Å². The summed E-state index contributed by atoms with van der Waals surface area (Å²) in [5, 5.41) is 3.84. The van der Waals surface area contributed by atoms with Gasteiger partial charge in [0.25, 0.3) is 0 Å². The van der Waals surface area contributed by atoms with Crippen LogP contribution < -0.4 is 5.32 Å². The molecule has 0 bridgehead atoms. The summed E-state index contributed by atoms with van der Waals surface area (Å²) < 4.78 is 5.20. The van der Waals surface area contributed by atoms with Crippen LogP contribution in [-0.2, 0) is 4.74 Å². The second-order valence-corrected chi connectivity index (χ2v) is 6.33. The van der Waals surface area contributed by atoms with Crippen LogP contribution in [0, 0.1) is 5.92 Å². The minimum Gasteiger partial charge on any atom is -0.385 e. The molecule has 1 heterocycles. The molecule has 1 aliphatic carbocycles. The number of hydrogen-bond donors (Lipinski definition) is 1. The molecule has 0 spiro atoms. The van der Waals surface area contributed by atoms with Gasteiger partial charge in [-0.05, 0) is 38.5 Å². The zero-order valence-electron chi connectivity index (χ0n) is 12.4. The molecule has 0 amide bonds. The Balaban J connectivity index is 1.89. The maximum atomic E-state index is 5.20. The first kappa shape index (κ1) is 14.3. The van der Waals surface area contributed by atoms with Gasteiger partial charge in [0.1, 0.15) is 0 Å². The highest BCUT2D eigenvalue weighted by Gasteiger charge is 2.45. The van der Waals surface area contributed by atoms with Crippen molar-refractivity contribution in [3.05, 3.63) is 0 Å². The molecule has 2 fully saturated rings. The van der Waals surface area contributed by atoms with E-state index in [2.05, 4.69) is 24.1 Å². The number of ether oxygens (including phenoxy) is 1. The lowest BCUT2D eigenvalue weighted by Gasteiger charge is -2.47. The van der Waals surface area contributed by atoms with Gasteiger partial charge in [-0.1, -0.05) is 13.3 Å². The van der Waals surface area contributed by atoms with Crippen LogP contribution in [0.15, 0.2) is 0 Å². The van der Waals surface area contributed by atoms with Gasteiger partial charge in [0.2, 0.25) is 0 Å². The van der Waals surface area contributed by atoms with Crippen molar-refractivity contribution >= 4 is 0 Å². The molecule has 1 aliphatic heterocycles. The van der Waals surface area contributed by atoms with Gasteiger partial charge in [-0.2, -0.15) is 0 Å². The molecule has 2 rings (SSSR count). The zero-order chi connectivity index (χ0) is 13.0. The fourth-order valence-electron chi connectivity index (χ4n) is 3.37. The molecule has 0 aromatic heterocycles. The summed E-state index contributed by atoms with van der Waals surface area (Å²) >= 11 is 0. The molecule has 106 valence electrons. The van der Waals surface area contributed by atoms with Gasteiger partial charge in [0, 0.05) is 44.9 Å². The van der Waals surface area contributed by atoms with E-state index >= 15 is 0 Å². The average molecular weight is 254 g/mol. The Hall–Kier alpha value is -0.120. The molecular weight excluding hydrogens is 224 g/mol. The molecule has 0 aromatic carbocycles. The first-order chi connectivity index (χ1) is 8.69. The number of hydrogen-bond acceptors (Lipinski definition) is 3. The van der Waals surface area contributed by atoms with Gasteiger partial charge in [0.05, 0.1) is 0 Å². The van der Waals surface area contributed by atoms with Gasteiger partial charge in [0.15, 0.2) is 0 Å². The highest BCUT2D eigenvalue weighted by Crippen LogP contribution is 2.41. The van der Waals surface area contributed by atoms with Crippen molar-refractivity contribution in [2.75, 3.05) is 33.4 Å². The average Bonchev–Trinajstić information content (AvgIpc) is 3.18. The lowest BCUT2D eigenvalue weighted by atomic mass is 9.90. The lowest BCUT2D eigenvalue weighted by Crippen LogP contribution is -2.64. The Labute approximate surface area is 112 Å². The van der Waals surface area contributed by atoms with Gasteiger partial charge in [-0.25, -0.2) is 0 Å². The number of methoxy groups -OCH3 is 1. The van der Waals surface area contributed by atoms with Crippen LogP contribution in [0.3, 0.4) is 0 Å². The highest BCUT2D eigenvalue weighted by molar-refractivity contribution is 5.03. The molecule has 1 saturated heterocycles. The van der Waals surface area contributed by atoms with Crippen LogP contribution in [-0.4, -0.2) is 49.8 Å². The fourth-order valence-corrected chi connectivity index (χ4v) is 3.37. The number of piperazine rings is 1. The second-order valence-electron chi connectivity index (χ2n) is 6.33. The summed E-state index contributed by atoms with van der Waals surface area (Å²) in [7, 11) is 1.80. The summed E-state index contributed by atoms with van der Waals surface area (Å²) in [6, 6.07) is 0.735. The maximum Gasteiger partial charge on any atom is 0.0474 e. The predicted octanol–water partition coefficient (Wildman–Crippen LogP) is 2.27. The van der Waals surface area contributed by atoms with E-state index in [1.165, 1.54) is 45.3 Å². The van der Waals surface area contributed by atoms with Crippen LogP contribution in [0.2, 0.25) is 0 Å². The first-order valence-electron chi connectivity index (χ1n) is 7.67. The fraction of sp³-hybridized carbons (Fsp3) is 1.00. The van der Waals surface area contributed by atoms with Crippen LogP contribution >= 0.6 is 0 Å². The second kappa shape index (κ2) is 6.36. The lowest BCUT2D eigenvalue weighted by molar-refractivity contribution is 0.0614. The molecule has 2 unspecified atom stereocenters. The molecule has 2 aliphatic rings. The minimum absolute atomic E-state index is 0.372. The van der Waals surface area contributed by atoms with E-state index < -0.39 is 0 Å². The number of nitrogens with one attached hydrogen (secondary N) is 1. The molecule has 1 N–H and O–H groups in total. The molecule has 1 saturated carbocycles. The van der Waals surface area contributed by atoms with E-state index in [0.29, 0.717) is 5.54 Å². The third-order valence-electron chi connectivity index (χ3n) is 4.68. The summed E-state index contributed by atoms with van der Waals surface area (Å²) in [4.78, 5) is 2.72. The van der Waals surface area contributed by atoms with Crippen molar-refractivity contribution in [1.29, 1.82) is 0 Å². The van der Waals surface area contributed by atoms with E-state index in [1.807, 2.05) is 0 Å². The highest BCUT2D eigenvalue weighted by atomic mass is 16.5. The van der Waals surface area contributed by atoms with Gasteiger partial charge in [-0.3, -0.25) is 4.90 Å². The van der Waals surface area contributed by atoms with Crippen LogP contribution in [0.5, 0.6) is 0 Å². The van der Waals surface area contributed by atoms with Gasteiger partial charge >= 0.3 is 0 Å². The monoisotopic (exact) mass is 254 g/mol. The third kappa shape index (κ3) is 3.46. The molecule has 0 aromatic rings. The third-order valence-corrected chi connectivity index (χ3v) is 4.68.